The standard InChI is InChI=1S/C15H20O4/c1-8-9(2)13-11(7-12(8)16)5-6-15(4,19-13)10(3)14(17)18/h7,10,16H,5-6H2,1-4H3,(H,17,18). The lowest BCUT2D eigenvalue weighted by Gasteiger charge is -2.39. The zero-order chi connectivity index (χ0) is 14.4. The molecule has 2 N–H and O–H groups in total. The highest BCUT2D eigenvalue weighted by atomic mass is 16.5. The molecule has 0 aliphatic carbocycles. The molecule has 4 nitrogen and oxygen atoms in total. The highest BCUT2D eigenvalue weighted by Crippen LogP contribution is 2.42. The van der Waals surface area contributed by atoms with E-state index in [-0.39, 0.29) is 5.75 Å². The second-order valence-corrected chi connectivity index (χ2v) is 5.61. The highest BCUT2D eigenvalue weighted by molar-refractivity contribution is 5.71. The number of aryl methyl sites for hydroxylation is 1. The lowest BCUT2D eigenvalue weighted by Crippen LogP contribution is -2.46. The van der Waals surface area contributed by atoms with Crippen molar-refractivity contribution < 1.29 is 19.7 Å². The number of ether oxygens (including phenoxy) is 1. The van der Waals surface area contributed by atoms with Gasteiger partial charge in [0, 0.05) is 0 Å². The molecular weight excluding hydrogens is 244 g/mol. The number of fused-ring (bicyclic) bond motifs is 1. The minimum Gasteiger partial charge on any atom is -0.508 e. The summed E-state index contributed by atoms with van der Waals surface area (Å²) in [5.41, 5.74) is 1.92. The van der Waals surface area contributed by atoms with Crippen LogP contribution in [0.3, 0.4) is 0 Å². The molecule has 0 fully saturated rings. The van der Waals surface area contributed by atoms with E-state index in [4.69, 9.17) is 4.74 Å². The molecule has 2 atom stereocenters. The Morgan fingerprint density at radius 2 is 2.05 bits per heavy atom. The summed E-state index contributed by atoms with van der Waals surface area (Å²) in [5, 5.41) is 19.0. The Labute approximate surface area is 113 Å². The van der Waals surface area contributed by atoms with E-state index < -0.39 is 17.5 Å². The van der Waals surface area contributed by atoms with Gasteiger partial charge in [-0.25, -0.2) is 0 Å². The lowest BCUT2D eigenvalue weighted by atomic mass is 9.82. The van der Waals surface area contributed by atoms with E-state index in [1.807, 2.05) is 20.8 Å². The molecule has 4 heteroatoms. The number of benzene rings is 1. The van der Waals surface area contributed by atoms with Gasteiger partial charge in [-0.1, -0.05) is 0 Å². The molecule has 0 amide bonds. The molecule has 0 aromatic heterocycles. The third-order valence-electron chi connectivity index (χ3n) is 4.40. The van der Waals surface area contributed by atoms with Gasteiger partial charge in [-0.15, -0.1) is 0 Å². The Bertz CT molecular complexity index is 535. The van der Waals surface area contributed by atoms with Crippen LogP contribution in [-0.2, 0) is 11.2 Å². The number of hydrogen-bond acceptors (Lipinski definition) is 3. The third-order valence-corrected chi connectivity index (χ3v) is 4.40. The molecule has 1 heterocycles. The highest BCUT2D eigenvalue weighted by Gasteiger charge is 2.41. The van der Waals surface area contributed by atoms with Crippen molar-refractivity contribution in [3.8, 4) is 11.5 Å². The first-order chi connectivity index (χ1) is 8.76. The smallest absolute Gasteiger partial charge is 0.310 e. The van der Waals surface area contributed by atoms with Gasteiger partial charge in [0.1, 0.15) is 17.1 Å². The van der Waals surface area contributed by atoms with Crippen molar-refractivity contribution in [1.29, 1.82) is 0 Å². The van der Waals surface area contributed by atoms with E-state index in [0.29, 0.717) is 6.42 Å². The first-order valence-electron chi connectivity index (χ1n) is 6.50. The molecule has 1 aliphatic heterocycles. The number of hydrogen-bond donors (Lipinski definition) is 2. The van der Waals surface area contributed by atoms with Crippen molar-refractivity contribution in [2.45, 2.75) is 46.1 Å². The number of phenolic OH excluding ortho intramolecular Hbond substituents is 1. The van der Waals surface area contributed by atoms with Crippen LogP contribution in [0.4, 0.5) is 0 Å². The Hall–Kier alpha value is -1.71. The zero-order valence-electron chi connectivity index (χ0n) is 11.8. The van der Waals surface area contributed by atoms with Crippen LogP contribution >= 0.6 is 0 Å². The van der Waals surface area contributed by atoms with E-state index in [1.165, 1.54) is 0 Å². The normalized spacial score (nSPS) is 23.4. The quantitative estimate of drug-likeness (QED) is 0.862. The van der Waals surface area contributed by atoms with Crippen molar-refractivity contribution >= 4 is 5.97 Å². The summed E-state index contributed by atoms with van der Waals surface area (Å²) in [7, 11) is 0. The van der Waals surface area contributed by atoms with Gasteiger partial charge in [0.2, 0.25) is 0 Å². The number of aromatic hydroxyl groups is 1. The van der Waals surface area contributed by atoms with Gasteiger partial charge in [-0.3, -0.25) is 4.79 Å². The Balaban J connectivity index is 2.44. The molecule has 1 aromatic carbocycles. The van der Waals surface area contributed by atoms with E-state index in [0.717, 1.165) is 28.9 Å². The number of aliphatic carboxylic acids is 1. The fraction of sp³-hybridized carbons (Fsp3) is 0.533. The van der Waals surface area contributed by atoms with Gasteiger partial charge in [0.25, 0.3) is 0 Å². The second kappa shape index (κ2) is 4.44. The Morgan fingerprint density at radius 1 is 1.42 bits per heavy atom. The fourth-order valence-corrected chi connectivity index (χ4v) is 2.50. The SMILES string of the molecule is Cc1c(O)cc2c(c1C)OC(C)(C(C)C(=O)O)CC2. The van der Waals surface area contributed by atoms with Gasteiger partial charge in [-0.2, -0.15) is 0 Å². The predicted octanol–water partition coefficient (Wildman–Crippen LogP) is 2.81. The van der Waals surface area contributed by atoms with Crippen molar-refractivity contribution in [2.75, 3.05) is 0 Å². The Morgan fingerprint density at radius 3 is 2.63 bits per heavy atom. The maximum Gasteiger partial charge on any atom is 0.310 e. The van der Waals surface area contributed by atoms with Crippen molar-refractivity contribution in [3.63, 3.8) is 0 Å². The molecule has 2 unspecified atom stereocenters. The molecule has 19 heavy (non-hydrogen) atoms. The van der Waals surface area contributed by atoms with Crippen molar-refractivity contribution in [1.82, 2.24) is 0 Å². The summed E-state index contributed by atoms with van der Waals surface area (Å²) >= 11 is 0. The number of carboxylic acid groups (broad SMARTS) is 1. The van der Waals surface area contributed by atoms with Crippen LogP contribution in [0, 0.1) is 19.8 Å². The van der Waals surface area contributed by atoms with Gasteiger partial charge < -0.3 is 14.9 Å². The molecule has 0 radical (unpaired) electrons. The van der Waals surface area contributed by atoms with Crippen LogP contribution in [0.15, 0.2) is 6.07 Å². The maximum absolute atomic E-state index is 11.2. The van der Waals surface area contributed by atoms with Crippen LogP contribution in [0.5, 0.6) is 11.5 Å². The van der Waals surface area contributed by atoms with E-state index in [1.54, 1.807) is 13.0 Å². The molecule has 0 saturated carbocycles. The van der Waals surface area contributed by atoms with Crippen molar-refractivity contribution in [3.05, 3.63) is 22.8 Å². The molecule has 0 spiro atoms. The number of rotatable bonds is 2. The predicted molar refractivity (Wildman–Crippen MR) is 71.7 cm³/mol. The Kier molecular flexibility index (Phi) is 3.20. The first kappa shape index (κ1) is 13.7. The minimum atomic E-state index is -0.848. The van der Waals surface area contributed by atoms with Gasteiger partial charge in [0.15, 0.2) is 0 Å². The lowest BCUT2D eigenvalue weighted by molar-refractivity contribution is -0.149. The first-order valence-corrected chi connectivity index (χ1v) is 6.50. The summed E-state index contributed by atoms with van der Waals surface area (Å²) in [6.45, 7) is 7.25. The van der Waals surface area contributed by atoms with Crippen LogP contribution in [0.2, 0.25) is 0 Å². The maximum atomic E-state index is 11.2. The topological polar surface area (TPSA) is 66.8 Å². The summed E-state index contributed by atoms with van der Waals surface area (Å²) in [5.74, 6) is -0.417. The summed E-state index contributed by atoms with van der Waals surface area (Å²) in [6.07, 6.45) is 1.35. The molecule has 1 aliphatic rings. The van der Waals surface area contributed by atoms with Crippen LogP contribution < -0.4 is 4.74 Å². The molecule has 0 saturated heterocycles. The fourth-order valence-electron chi connectivity index (χ4n) is 2.50. The van der Waals surface area contributed by atoms with Crippen molar-refractivity contribution in [2.24, 2.45) is 5.92 Å². The number of phenols is 1. The monoisotopic (exact) mass is 264 g/mol. The largest absolute Gasteiger partial charge is 0.508 e. The van der Waals surface area contributed by atoms with E-state index >= 15 is 0 Å². The summed E-state index contributed by atoms with van der Waals surface area (Å²) in [4.78, 5) is 11.2. The van der Waals surface area contributed by atoms with Crippen LogP contribution in [0.1, 0.15) is 37.0 Å². The van der Waals surface area contributed by atoms with Gasteiger partial charge in [0.05, 0.1) is 5.92 Å². The second-order valence-electron chi connectivity index (χ2n) is 5.61. The third kappa shape index (κ3) is 2.15. The molecular formula is C15H20O4. The minimum absolute atomic E-state index is 0.273. The number of carbonyl (C=O) groups is 1. The zero-order valence-corrected chi connectivity index (χ0v) is 11.8. The summed E-state index contributed by atoms with van der Waals surface area (Å²) in [6, 6.07) is 1.72. The van der Waals surface area contributed by atoms with Crippen LogP contribution in [-0.4, -0.2) is 21.8 Å². The van der Waals surface area contributed by atoms with Gasteiger partial charge >= 0.3 is 5.97 Å². The van der Waals surface area contributed by atoms with Gasteiger partial charge in [-0.05, 0) is 63.3 Å². The average Bonchev–Trinajstić information content (AvgIpc) is 2.36. The van der Waals surface area contributed by atoms with E-state index in [2.05, 4.69) is 0 Å². The molecule has 1 aromatic rings. The van der Waals surface area contributed by atoms with E-state index in [9.17, 15) is 15.0 Å². The van der Waals surface area contributed by atoms with Crippen LogP contribution in [0.25, 0.3) is 0 Å². The number of carboxylic acids is 1. The average molecular weight is 264 g/mol. The summed E-state index contributed by atoms with van der Waals surface area (Å²) < 4.78 is 6.02. The molecule has 104 valence electrons. The molecule has 2 rings (SSSR count). The molecule has 0 bridgehead atoms.